The molecule has 0 saturated carbocycles. The Balaban J connectivity index is 3.43. The first-order valence-electron chi connectivity index (χ1n) is 6.23. The Bertz CT molecular complexity index is 136. The van der Waals surface area contributed by atoms with Gasteiger partial charge in [0.25, 0.3) is 0 Å². The molecule has 0 aliphatic heterocycles. The summed E-state index contributed by atoms with van der Waals surface area (Å²) in [7, 11) is 0. The molecule has 0 radical (unpaired) electrons. The Labute approximate surface area is 94.9 Å². The van der Waals surface area contributed by atoms with Gasteiger partial charge in [-0.2, -0.15) is 0 Å². The third-order valence-electron chi connectivity index (χ3n) is 2.72. The van der Waals surface area contributed by atoms with E-state index in [0.29, 0.717) is 6.04 Å². The lowest BCUT2D eigenvalue weighted by Crippen LogP contribution is -2.39. The smallest absolute Gasteiger partial charge is 0.0512 e. The molecule has 3 heteroatoms. The van der Waals surface area contributed by atoms with Gasteiger partial charge in [-0.3, -0.25) is 0 Å². The van der Waals surface area contributed by atoms with Crippen LogP contribution in [-0.2, 0) is 0 Å². The summed E-state index contributed by atoms with van der Waals surface area (Å²) in [5.74, 6) is 0. The Morgan fingerprint density at radius 2 is 1.80 bits per heavy atom. The van der Waals surface area contributed by atoms with Gasteiger partial charge in [0.2, 0.25) is 0 Å². The Hall–Kier alpha value is -0.120. The van der Waals surface area contributed by atoms with Crippen molar-refractivity contribution >= 4 is 0 Å². The van der Waals surface area contributed by atoms with E-state index in [1.54, 1.807) is 0 Å². The first-order chi connectivity index (χ1) is 7.10. The molecule has 0 rings (SSSR count). The largest absolute Gasteiger partial charge is 0.393 e. The molecule has 0 aliphatic carbocycles. The van der Waals surface area contributed by atoms with Gasteiger partial charge in [-0.15, -0.1) is 0 Å². The van der Waals surface area contributed by atoms with Crippen molar-refractivity contribution in [2.24, 2.45) is 0 Å². The maximum Gasteiger partial charge on any atom is 0.0512 e. The van der Waals surface area contributed by atoms with E-state index in [4.69, 9.17) is 5.11 Å². The molecule has 0 amide bonds. The Kier molecular flexibility index (Phi) is 9.06. The molecule has 0 spiro atoms. The molecule has 2 N–H and O–H groups in total. The summed E-state index contributed by atoms with van der Waals surface area (Å²) in [5.41, 5.74) is 0. The fourth-order valence-corrected chi connectivity index (χ4v) is 1.68. The van der Waals surface area contributed by atoms with Crippen molar-refractivity contribution < 1.29 is 5.11 Å². The number of likely N-dealkylation sites (N-methyl/N-ethyl adjacent to an activating group) is 1. The first kappa shape index (κ1) is 14.9. The van der Waals surface area contributed by atoms with Crippen LogP contribution in [0.4, 0.5) is 0 Å². The van der Waals surface area contributed by atoms with E-state index < -0.39 is 0 Å². The second kappa shape index (κ2) is 9.13. The zero-order chi connectivity index (χ0) is 11.7. The SMILES string of the molecule is CCN(CC)CC(C)NCCCC(C)O. The van der Waals surface area contributed by atoms with Crippen molar-refractivity contribution in [3.05, 3.63) is 0 Å². The lowest BCUT2D eigenvalue weighted by molar-refractivity contribution is 0.180. The van der Waals surface area contributed by atoms with Crippen molar-refractivity contribution in [3.8, 4) is 0 Å². The van der Waals surface area contributed by atoms with Gasteiger partial charge in [-0.1, -0.05) is 13.8 Å². The molecule has 0 aromatic heterocycles. The van der Waals surface area contributed by atoms with Crippen LogP contribution in [0.1, 0.15) is 40.5 Å². The van der Waals surface area contributed by atoms with Gasteiger partial charge in [0.05, 0.1) is 6.10 Å². The molecular formula is C12H28N2O. The van der Waals surface area contributed by atoms with Crippen LogP contribution in [-0.4, -0.2) is 48.3 Å². The highest BCUT2D eigenvalue weighted by molar-refractivity contribution is 4.66. The van der Waals surface area contributed by atoms with Crippen LogP contribution in [0.15, 0.2) is 0 Å². The van der Waals surface area contributed by atoms with Crippen LogP contribution in [0.2, 0.25) is 0 Å². The van der Waals surface area contributed by atoms with Crippen LogP contribution >= 0.6 is 0 Å². The van der Waals surface area contributed by atoms with E-state index in [2.05, 4.69) is 31.0 Å². The number of nitrogens with one attached hydrogen (secondary N) is 1. The highest BCUT2D eigenvalue weighted by Crippen LogP contribution is 1.96. The van der Waals surface area contributed by atoms with Gasteiger partial charge < -0.3 is 15.3 Å². The summed E-state index contributed by atoms with van der Waals surface area (Å²) in [6.45, 7) is 12.8. The molecule has 3 nitrogen and oxygen atoms in total. The number of hydrogen-bond acceptors (Lipinski definition) is 3. The minimum atomic E-state index is -0.162. The van der Waals surface area contributed by atoms with Gasteiger partial charge in [-0.05, 0) is 46.3 Å². The third-order valence-corrected chi connectivity index (χ3v) is 2.72. The second-order valence-electron chi connectivity index (χ2n) is 4.33. The number of aliphatic hydroxyl groups excluding tert-OH is 1. The van der Waals surface area contributed by atoms with Crippen LogP contribution < -0.4 is 5.32 Å². The van der Waals surface area contributed by atoms with Crippen LogP contribution in [0.25, 0.3) is 0 Å². The number of hydrogen-bond donors (Lipinski definition) is 2. The molecule has 2 unspecified atom stereocenters. The van der Waals surface area contributed by atoms with Gasteiger partial charge in [0, 0.05) is 12.6 Å². The average Bonchev–Trinajstić information content (AvgIpc) is 2.20. The molecule has 0 aliphatic rings. The molecule has 0 fully saturated rings. The summed E-state index contributed by atoms with van der Waals surface area (Å²) in [6.07, 6.45) is 1.79. The van der Waals surface area contributed by atoms with Crippen molar-refractivity contribution in [1.29, 1.82) is 0 Å². The molecule has 15 heavy (non-hydrogen) atoms. The summed E-state index contributed by atoms with van der Waals surface area (Å²) in [6, 6.07) is 0.541. The van der Waals surface area contributed by atoms with Gasteiger partial charge >= 0.3 is 0 Å². The van der Waals surface area contributed by atoms with Gasteiger partial charge in [-0.25, -0.2) is 0 Å². The van der Waals surface area contributed by atoms with Crippen LogP contribution in [0.3, 0.4) is 0 Å². The summed E-state index contributed by atoms with van der Waals surface area (Å²) in [4.78, 5) is 2.42. The van der Waals surface area contributed by atoms with Crippen molar-refractivity contribution in [3.63, 3.8) is 0 Å². The molecular weight excluding hydrogens is 188 g/mol. The molecule has 0 bridgehead atoms. The van der Waals surface area contributed by atoms with E-state index >= 15 is 0 Å². The maximum atomic E-state index is 9.10. The van der Waals surface area contributed by atoms with Gasteiger partial charge in [0.15, 0.2) is 0 Å². The average molecular weight is 216 g/mol. The predicted molar refractivity (Wildman–Crippen MR) is 66.2 cm³/mol. The quantitative estimate of drug-likeness (QED) is 0.573. The molecule has 0 aromatic carbocycles. The van der Waals surface area contributed by atoms with E-state index in [0.717, 1.165) is 39.0 Å². The standard InChI is InChI=1S/C12H28N2O/c1-5-14(6-2)10-11(3)13-9-7-8-12(4)15/h11-13,15H,5-10H2,1-4H3. The first-order valence-corrected chi connectivity index (χ1v) is 6.23. The maximum absolute atomic E-state index is 9.10. The normalized spacial score (nSPS) is 15.6. The fraction of sp³-hybridized carbons (Fsp3) is 1.00. The second-order valence-corrected chi connectivity index (χ2v) is 4.33. The van der Waals surface area contributed by atoms with Crippen LogP contribution in [0, 0.1) is 0 Å². The minimum Gasteiger partial charge on any atom is -0.393 e. The van der Waals surface area contributed by atoms with E-state index in [1.807, 2.05) is 6.92 Å². The third kappa shape index (κ3) is 8.85. The predicted octanol–water partition coefficient (Wildman–Crippen LogP) is 1.47. The van der Waals surface area contributed by atoms with Gasteiger partial charge in [0.1, 0.15) is 0 Å². The monoisotopic (exact) mass is 216 g/mol. The molecule has 0 aromatic rings. The van der Waals surface area contributed by atoms with Crippen LogP contribution in [0.5, 0.6) is 0 Å². The zero-order valence-electron chi connectivity index (χ0n) is 10.8. The Morgan fingerprint density at radius 3 is 2.27 bits per heavy atom. The van der Waals surface area contributed by atoms with E-state index in [1.165, 1.54) is 0 Å². The highest BCUT2D eigenvalue weighted by atomic mass is 16.3. The highest BCUT2D eigenvalue weighted by Gasteiger charge is 2.05. The molecule has 2 atom stereocenters. The van der Waals surface area contributed by atoms with Crippen molar-refractivity contribution in [2.75, 3.05) is 26.2 Å². The molecule has 92 valence electrons. The molecule has 0 heterocycles. The number of aliphatic hydroxyl groups is 1. The zero-order valence-corrected chi connectivity index (χ0v) is 10.8. The van der Waals surface area contributed by atoms with E-state index in [9.17, 15) is 0 Å². The van der Waals surface area contributed by atoms with Crippen molar-refractivity contribution in [2.45, 2.75) is 52.7 Å². The topological polar surface area (TPSA) is 35.5 Å². The van der Waals surface area contributed by atoms with E-state index in [-0.39, 0.29) is 6.10 Å². The minimum absolute atomic E-state index is 0.162. The summed E-state index contributed by atoms with van der Waals surface area (Å²) >= 11 is 0. The Morgan fingerprint density at radius 1 is 1.20 bits per heavy atom. The van der Waals surface area contributed by atoms with Crippen molar-refractivity contribution in [1.82, 2.24) is 10.2 Å². The summed E-state index contributed by atoms with van der Waals surface area (Å²) in [5, 5.41) is 12.6. The number of rotatable bonds is 9. The molecule has 0 saturated heterocycles. The lowest BCUT2D eigenvalue weighted by atomic mass is 10.2. The fourth-order valence-electron chi connectivity index (χ4n) is 1.68. The lowest BCUT2D eigenvalue weighted by Gasteiger charge is -2.23. The summed E-state index contributed by atoms with van der Waals surface area (Å²) < 4.78 is 0. The number of nitrogens with zero attached hydrogens (tertiary/aromatic N) is 1.